The topological polar surface area (TPSA) is 64.9 Å². The molecule has 0 spiro atoms. The standard InChI is InChI=1S/C21H19N3O.ClH/c1-14-7-6-10-17(21-16-9-2-3-11-19(16)25-24-21)20(14)18(22)13-15-8-4-5-12-23-15;/h2-12,18H,13,22H2,1H3;1H. The van der Waals surface area contributed by atoms with E-state index < -0.39 is 0 Å². The Kier molecular flexibility index (Phi) is 5.35. The number of nitrogens with two attached hydrogens (primary N) is 1. The van der Waals surface area contributed by atoms with Gasteiger partial charge in [-0.05, 0) is 42.3 Å². The highest BCUT2D eigenvalue weighted by atomic mass is 35.5. The summed E-state index contributed by atoms with van der Waals surface area (Å²) >= 11 is 0. The Morgan fingerprint density at radius 1 is 1.00 bits per heavy atom. The highest BCUT2D eigenvalue weighted by Crippen LogP contribution is 2.34. The van der Waals surface area contributed by atoms with E-state index >= 15 is 0 Å². The molecule has 0 fully saturated rings. The zero-order valence-electron chi connectivity index (χ0n) is 14.4. The van der Waals surface area contributed by atoms with Crippen LogP contribution < -0.4 is 5.73 Å². The second-order valence-electron chi connectivity index (χ2n) is 6.20. The molecule has 5 heteroatoms. The minimum Gasteiger partial charge on any atom is -0.356 e. The molecule has 132 valence electrons. The van der Waals surface area contributed by atoms with Crippen molar-refractivity contribution < 1.29 is 4.52 Å². The first kappa shape index (κ1) is 18.1. The second kappa shape index (κ2) is 7.68. The molecule has 0 aliphatic rings. The van der Waals surface area contributed by atoms with Crippen LogP contribution in [0.3, 0.4) is 0 Å². The molecule has 2 N–H and O–H groups in total. The van der Waals surface area contributed by atoms with Crippen molar-refractivity contribution in [1.82, 2.24) is 10.1 Å². The van der Waals surface area contributed by atoms with Crippen LogP contribution in [0.4, 0.5) is 0 Å². The summed E-state index contributed by atoms with van der Waals surface area (Å²) in [6.45, 7) is 2.08. The molecule has 0 saturated heterocycles. The molecule has 0 aliphatic heterocycles. The van der Waals surface area contributed by atoms with Gasteiger partial charge in [-0.25, -0.2) is 0 Å². The summed E-state index contributed by atoms with van der Waals surface area (Å²) < 4.78 is 5.49. The smallest absolute Gasteiger partial charge is 0.167 e. The number of benzene rings is 2. The lowest BCUT2D eigenvalue weighted by Gasteiger charge is -2.18. The maximum absolute atomic E-state index is 6.58. The van der Waals surface area contributed by atoms with Crippen molar-refractivity contribution in [2.24, 2.45) is 5.73 Å². The number of aromatic nitrogens is 2. The van der Waals surface area contributed by atoms with Crippen LogP contribution in [-0.4, -0.2) is 10.1 Å². The zero-order valence-corrected chi connectivity index (χ0v) is 15.2. The lowest BCUT2D eigenvalue weighted by Crippen LogP contribution is -2.16. The summed E-state index contributed by atoms with van der Waals surface area (Å²) in [6.07, 6.45) is 2.47. The van der Waals surface area contributed by atoms with Gasteiger partial charge in [-0.2, -0.15) is 0 Å². The van der Waals surface area contributed by atoms with E-state index in [0.717, 1.165) is 39.0 Å². The van der Waals surface area contributed by atoms with Crippen LogP contribution in [0.25, 0.3) is 22.2 Å². The van der Waals surface area contributed by atoms with Gasteiger partial charge >= 0.3 is 0 Å². The minimum absolute atomic E-state index is 0. The van der Waals surface area contributed by atoms with Crippen LogP contribution in [0.2, 0.25) is 0 Å². The quantitative estimate of drug-likeness (QED) is 0.560. The van der Waals surface area contributed by atoms with Gasteiger partial charge in [-0.15, -0.1) is 12.4 Å². The van der Waals surface area contributed by atoms with E-state index in [1.807, 2.05) is 48.5 Å². The molecule has 4 rings (SSSR count). The third kappa shape index (κ3) is 3.34. The molecule has 0 aliphatic carbocycles. The maximum atomic E-state index is 6.58. The first-order valence-electron chi connectivity index (χ1n) is 8.34. The van der Waals surface area contributed by atoms with Crippen LogP contribution in [0.15, 0.2) is 71.4 Å². The van der Waals surface area contributed by atoms with Crippen molar-refractivity contribution in [2.75, 3.05) is 0 Å². The summed E-state index contributed by atoms with van der Waals surface area (Å²) in [5.74, 6) is 0. The van der Waals surface area contributed by atoms with Crippen molar-refractivity contribution >= 4 is 23.4 Å². The van der Waals surface area contributed by atoms with E-state index in [1.54, 1.807) is 6.20 Å². The highest BCUT2D eigenvalue weighted by molar-refractivity contribution is 5.92. The average Bonchev–Trinajstić information content (AvgIpc) is 3.06. The monoisotopic (exact) mass is 365 g/mol. The number of pyridine rings is 1. The number of aryl methyl sites for hydroxylation is 1. The van der Waals surface area contributed by atoms with Gasteiger partial charge in [0.25, 0.3) is 0 Å². The van der Waals surface area contributed by atoms with Gasteiger partial charge in [0.1, 0.15) is 5.69 Å². The molecular formula is C21H20ClN3O. The van der Waals surface area contributed by atoms with Crippen molar-refractivity contribution in [1.29, 1.82) is 0 Å². The molecule has 2 heterocycles. The van der Waals surface area contributed by atoms with E-state index in [4.69, 9.17) is 10.3 Å². The van der Waals surface area contributed by atoms with Crippen LogP contribution in [0, 0.1) is 6.92 Å². The number of hydrogen-bond acceptors (Lipinski definition) is 4. The Bertz CT molecular complexity index is 1010. The molecule has 0 saturated carbocycles. The number of fused-ring (bicyclic) bond motifs is 1. The average molecular weight is 366 g/mol. The van der Waals surface area contributed by atoms with Crippen molar-refractivity contribution in [3.8, 4) is 11.3 Å². The van der Waals surface area contributed by atoms with Gasteiger partial charge in [-0.3, -0.25) is 4.98 Å². The van der Waals surface area contributed by atoms with E-state index in [1.165, 1.54) is 0 Å². The third-order valence-corrected chi connectivity index (χ3v) is 4.48. The van der Waals surface area contributed by atoms with Crippen LogP contribution in [-0.2, 0) is 6.42 Å². The Morgan fingerprint density at radius 2 is 1.81 bits per heavy atom. The van der Waals surface area contributed by atoms with Crippen molar-refractivity contribution in [3.63, 3.8) is 0 Å². The largest absolute Gasteiger partial charge is 0.356 e. The van der Waals surface area contributed by atoms with Gasteiger partial charge in [0.15, 0.2) is 5.58 Å². The predicted molar refractivity (Wildman–Crippen MR) is 106 cm³/mol. The molecule has 1 atom stereocenters. The highest BCUT2D eigenvalue weighted by Gasteiger charge is 2.19. The fraction of sp³-hybridized carbons (Fsp3) is 0.143. The number of rotatable bonds is 4. The molecule has 0 bridgehead atoms. The van der Waals surface area contributed by atoms with E-state index in [2.05, 4.69) is 29.2 Å². The number of nitrogens with zero attached hydrogens (tertiary/aromatic N) is 2. The second-order valence-corrected chi connectivity index (χ2v) is 6.20. The van der Waals surface area contributed by atoms with Gasteiger partial charge in [0, 0.05) is 35.3 Å². The fourth-order valence-electron chi connectivity index (χ4n) is 3.31. The first-order valence-corrected chi connectivity index (χ1v) is 8.34. The fourth-order valence-corrected chi connectivity index (χ4v) is 3.31. The Hall–Kier alpha value is -2.69. The SMILES string of the molecule is Cc1cccc(-c2noc3ccccc23)c1C(N)Cc1ccccn1.Cl. The Labute approximate surface area is 158 Å². The summed E-state index contributed by atoms with van der Waals surface area (Å²) in [7, 11) is 0. The number of para-hydroxylation sites is 1. The van der Waals surface area contributed by atoms with Gasteiger partial charge < -0.3 is 10.3 Å². The molecule has 4 aromatic rings. The lowest BCUT2D eigenvalue weighted by atomic mass is 9.90. The Morgan fingerprint density at radius 3 is 2.62 bits per heavy atom. The summed E-state index contributed by atoms with van der Waals surface area (Å²) in [5, 5.41) is 5.31. The number of hydrogen-bond donors (Lipinski definition) is 1. The van der Waals surface area contributed by atoms with Crippen LogP contribution in [0.1, 0.15) is 22.9 Å². The van der Waals surface area contributed by atoms with Crippen LogP contribution in [0.5, 0.6) is 0 Å². The van der Waals surface area contributed by atoms with Gasteiger partial charge in [-0.1, -0.05) is 41.6 Å². The molecule has 2 aromatic heterocycles. The predicted octanol–water partition coefficient (Wildman–Crippen LogP) is 4.86. The third-order valence-electron chi connectivity index (χ3n) is 4.48. The molecule has 2 aromatic carbocycles. The van der Waals surface area contributed by atoms with Crippen LogP contribution >= 0.6 is 12.4 Å². The zero-order chi connectivity index (χ0) is 17.2. The first-order chi connectivity index (χ1) is 12.2. The van der Waals surface area contributed by atoms with E-state index in [9.17, 15) is 0 Å². The van der Waals surface area contributed by atoms with E-state index in [0.29, 0.717) is 6.42 Å². The summed E-state index contributed by atoms with van der Waals surface area (Å²) in [4.78, 5) is 4.40. The molecular weight excluding hydrogens is 346 g/mol. The maximum Gasteiger partial charge on any atom is 0.167 e. The summed E-state index contributed by atoms with van der Waals surface area (Å²) in [5.41, 5.74) is 12.4. The molecule has 26 heavy (non-hydrogen) atoms. The molecule has 4 nitrogen and oxygen atoms in total. The van der Waals surface area contributed by atoms with Crippen molar-refractivity contribution in [2.45, 2.75) is 19.4 Å². The molecule has 1 unspecified atom stereocenters. The normalized spacial score (nSPS) is 11.9. The van der Waals surface area contributed by atoms with Gasteiger partial charge in [0.05, 0.1) is 0 Å². The number of halogens is 1. The molecule has 0 amide bonds. The Balaban J connectivity index is 0.00000196. The lowest BCUT2D eigenvalue weighted by molar-refractivity contribution is 0.459. The summed E-state index contributed by atoms with van der Waals surface area (Å²) in [6, 6.07) is 19.8. The van der Waals surface area contributed by atoms with Crippen molar-refractivity contribution in [3.05, 3.63) is 83.7 Å². The van der Waals surface area contributed by atoms with Gasteiger partial charge in [0.2, 0.25) is 0 Å². The molecule has 0 radical (unpaired) electrons. The minimum atomic E-state index is -0.165. The van der Waals surface area contributed by atoms with E-state index in [-0.39, 0.29) is 18.4 Å².